The van der Waals surface area contributed by atoms with Gasteiger partial charge in [0.25, 0.3) is 5.69 Å². The van der Waals surface area contributed by atoms with Gasteiger partial charge >= 0.3 is 0 Å². The molecule has 0 aliphatic carbocycles. The van der Waals surface area contributed by atoms with Crippen molar-refractivity contribution in [2.24, 2.45) is 0 Å². The van der Waals surface area contributed by atoms with Crippen molar-refractivity contribution in [3.8, 4) is 0 Å². The van der Waals surface area contributed by atoms with E-state index in [9.17, 15) is 18.5 Å². The number of hydrogen-bond acceptors (Lipinski definition) is 7. The normalized spacial score (nSPS) is 19.0. The van der Waals surface area contributed by atoms with Crippen molar-refractivity contribution in [2.45, 2.75) is 16.7 Å². The molecule has 0 bridgehead atoms. The van der Waals surface area contributed by atoms with E-state index in [2.05, 4.69) is 15.3 Å². The Bertz CT molecular complexity index is 815. The van der Waals surface area contributed by atoms with Crippen LogP contribution in [0.15, 0.2) is 29.4 Å². The van der Waals surface area contributed by atoms with Gasteiger partial charge in [0, 0.05) is 18.7 Å². The molecule has 3 rings (SSSR count). The van der Waals surface area contributed by atoms with Gasteiger partial charge in [-0.1, -0.05) is 0 Å². The number of nitrogens with one attached hydrogen (secondary N) is 1. The summed E-state index contributed by atoms with van der Waals surface area (Å²) in [5.74, 6) is 0. The fourth-order valence-electron chi connectivity index (χ4n) is 2.30. The minimum Gasteiger partial charge on any atom is -0.315 e. The van der Waals surface area contributed by atoms with Crippen LogP contribution in [0.25, 0.3) is 11.0 Å². The zero-order chi connectivity index (χ0) is 15.0. The van der Waals surface area contributed by atoms with Crippen LogP contribution in [0.5, 0.6) is 0 Å². The summed E-state index contributed by atoms with van der Waals surface area (Å²) < 4.78 is 24.8. The molecule has 2 aromatic rings. The third kappa shape index (κ3) is 2.45. The molecule has 1 aliphatic rings. The Morgan fingerprint density at radius 1 is 1.33 bits per heavy atom. The van der Waals surface area contributed by atoms with Crippen molar-refractivity contribution in [1.29, 1.82) is 0 Å². The van der Waals surface area contributed by atoms with Gasteiger partial charge in [0.05, 0.1) is 27.4 Å². The highest BCUT2D eigenvalue weighted by molar-refractivity contribution is 7.92. The molecule has 110 valence electrons. The Balaban J connectivity index is 2.05. The van der Waals surface area contributed by atoms with E-state index in [1.165, 1.54) is 24.4 Å². The van der Waals surface area contributed by atoms with Crippen LogP contribution in [-0.2, 0) is 9.84 Å². The molecule has 1 atom stereocenters. The largest absolute Gasteiger partial charge is 0.315 e. The quantitative estimate of drug-likeness (QED) is 0.654. The average molecular weight is 308 g/mol. The molecular formula is C12H12N4O4S. The molecule has 0 unspecified atom stereocenters. The first-order valence-corrected chi connectivity index (χ1v) is 7.89. The Morgan fingerprint density at radius 3 is 2.81 bits per heavy atom. The van der Waals surface area contributed by atoms with Crippen molar-refractivity contribution in [2.75, 3.05) is 13.1 Å². The SMILES string of the molecule is O=[N+]([O-])c1ccc2nc(S(=O)(=O)[C@H]3CCNC3)cnc2c1. The highest BCUT2D eigenvalue weighted by Gasteiger charge is 2.31. The predicted octanol–water partition coefficient (Wildman–Crippen LogP) is 0.674. The molecule has 2 heterocycles. The monoisotopic (exact) mass is 308 g/mol. The number of nitrogens with zero attached hydrogens (tertiary/aromatic N) is 3. The van der Waals surface area contributed by atoms with Crippen LogP contribution in [0.4, 0.5) is 5.69 Å². The lowest BCUT2D eigenvalue weighted by molar-refractivity contribution is -0.384. The smallest absolute Gasteiger partial charge is 0.271 e. The maximum absolute atomic E-state index is 12.4. The van der Waals surface area contributed by atoms with Crippen molar-refractivity contribution < 1.29 is 13.3 Å². The molecule has 8 nitrogen and oxygen atoms in total. The van der Waals surface area contributed by atoms with Crippen LogP contribution in [0.3, 0.4) is 0 Å². The maximum Gasteiger partial charge on any atom is 0.271 e. The van der Waals surface area contributed by atoms with E-state index in [1.807, 2.05) is 0 Å². The first-order chi connectivity index (χ1) is 9.98. The lowest BCUT2D eigenvalue weighted by Crippen LogP contribution is -2.24. The molecule has 1 fully saturated rings. The summed E-state index contributed by atoms with van der Waals surface area (Å²) >= 11 is 0. The van der Waals surface area contributed by atoms with Gasteiger partial charge in [0.2, 0.25) is 9.84 Å². The van der Waals surface area contributed by atoms with E-state index in [0.29, 0.717) is 30.5 Å². The standard InChI is InChI=1S/C12H12N4O4S/c17-16(18)8-1-2-10-11(5-8)14-7-12(15-10)21(19,20)9-3-4-13-6-9/h1-2,5,7,9,13H,3-4,6H2/t9-/m0/s1. The molecule has 1 aliphatic heterocycles. The van der Waals surface area contributed by atoms with Crippen LogP contribution in [0.2, 0.25) is 0 Å². The molecule has 0 amide bonds. The summed E-state index contributed by atoms with van der Waals surface area (Å²) in [7, 11) is -3.53. The summed E-state index contributed by atoms with van der Waals surface area (Å²) in [5, 5.41) is 13.1. The van der Waals surface area contributed by atoms with Gasteiger partial charge in [0.1, 0.15) is 0 Å². The Hall–Kier alpha value is -2.13. The number of benzene rings is 1. The van der Waals surface area contributed by atoms with Crippen molar-refractivity contribution in [1.82, 2.24) is 15.3 Å². The first kappa shape index (κ1) is 13.8. The van der Waals surface area contributed by atoms with Crippen LogP contribution < -0.4 is 5.32 Å². The fraction of sp³-hybridized carbons (Fsp3) is 0.333. The average Bonchev–Trinajstić information content (AvgIpc) is 3.01. The number of nitro groups is 1. The van der Waals surface area contributed by atoms with Gasteiger partial charge in [0.15, 0.2) is 5.03 Å². The Labute approximate surface area is 120 Å². The third-order valence-electron chi connectivity index (χ3n) is 3.46. The van der Waals surface area contributed by atoms with E-state index in [0.717, 1.165) is 0 Å². The van der Waals surface area contributed by atoms with Crippen LogP contribution in [0, 0.1) is 10.1 Å². The number of aromatic nitrogens is 2. The van der Waals surface area contributed by atoms with E-state index < -0.39 is 20.0 Å². The van der Waals surface area contributed by atoms with Gasteiger partial charge in [-0.25, -0.2) is 13.4 Å². The second kappa shape index (κ2) is 5.01. The number of hydrogen-bond donors (Lipinski definition) is 1. The summed E-state index contributed by atoms with van der Waals surface area (Å²) in [4.78, 5) is 18.3. The molecule has 1 N–H and O–H groups in total. The number of sulfone groups is 1. The van der Waals surface area contributed by atoms with Crippen LogP contribution in [-0.4, -0.2) is 41.6 Å². The molecule has 0 saturated carbocycles. The highest BCUT2D eigenvalue weighted by Crippen LogP contribution is 2.22. The molecule has 21 heavy (non-hydrogen) atoms. The Kier molecular flexibility index (Phi) is 3.30. The van der Waals surface area contributed by atoms with Gasteiger partial charge < -0.3 is 5.32 Å². The van der Waals surface area contributed by atoms with Crippen molar-refractivity contribution in [3.05, 3.63) is 34.5 Å². The fourth-order valence-corrected chi connectivity index (χ4v) is 3.83. The zero-order valence-electron chi connectivity index (χ0n) is 10.9. The van der Waals surface area contributed by atoms with Gasteiger partial charge in [-0.3, -0.25) is 15.1 Å². The summed E-state index contributed by atoms with van der Waals surface area (Å²) in [6, 6.07) is 3.97. The molecule has 0 radical (unpaired) electrons. The van der Waals surface area contributed by atoms with E-state index in [4.69, 9.17) is 0 Å². The molecule has 1 aromatic carbocycles. The third-order valence-corrected chi connectivity index (χ3v) is 5.52. The number of rotatable bonds is 3. The first-order valence-electron chi connectivity index (χ1n) is 6.34. The van der Waals surface area contributed by atoms with Gasteiger partial charge in [-0.2, -0.15) is 0 Å². The predicted molar refractivity (Wildman–Crippen MR) is 74.7 cm³/mol. The minimum atomic E-state index is -3.53. The van der Waals surface area contributed by atoms with Crippen LogP contribution in [0.1, 0.15) is 6.42 Å². The second-order valence-electron chi connectivity index (χ2n) is 4.80. The Morgan fingerprint density at radius 2 is 2.14 bits per heavy atom. The summed E-state index contributed by atoms with van der Waals surface area (Å²) in [6.07, 6.45) is 1.71. The number of nitro benzene ring substituents is 1. The molecular weight excluding hydrogens is 296 g/mol. The van der Waals surface area contributed by atoms with E-state index >= 15 is 0 Å². The van der Waals surface area contributed by atoms with Crippen LogP contribution >= 0.6 is 0 Å². The minimum absolute atomic E-state index is 0.0856. The second-order valence-corrected chi connectivity index (χ2v) is 6.97. The van der Waals surface area contributed by atoms with Crippen molar-refractivity contribution >= 4 is 26.6 Å². The topological polar surface area (TPSA) is 115 Å². The summed E-state index contributed by atoms with van der Waals surface area (Å²) in [6.45, 7) is 1.07. The molecule has 1 aromatic heterocycles. The zero-order valence-corrected chi connectivity index (χ0v) is 11.7. The number of non-ortho nitro benzene ring substituents is 1. The molecule has 1 saturated heterocycles. The molecule has 0 spiro atoms. The highest BCUT2D eigenvalue weighted by atomic mass is 32.2. The maximum atomic E-state index is 12.4. The lowest BCUT2D eigenvalue weighted by atomic mass is 10.3. The van der Waals surface area contributed by atoms with E-state index in [-0.39, 0.29) is 10.7 Å². The molecule has 9 heteroatoms. The van der Waals surface area contributed by atoms with Crippen molar-refractivity contribution in [3.63, 3.8) is 0 Å². The van der Waals surface area contributed by atoms with E-state index in [1.54, 1.807) is 0 Å². The lowest BCUT2D eigenvalue weighted by Gasteiger charge is -2.09. The van der Waals surface area contributed by atoms with Gasteiger partial charge in [-0.05, 0) is 19.0 Å². The summed E-state index contributed by atoms with van der Waals surface area (Å²) in [5.41, 5.74) is 0.521. The number of fused-ring (bicyclic) bond motifs is 1. The van der Waals surface area contributed by atoms with Gasteiger partial charge in [-0.15, -0.1) is 0 Å².